The van der Waals surface area contributed by atoms with Gasteiger partial charge in [-0.1, -0.05) is 30.3 Å². The van der Waals surface area contributed by atoms with Gasteiger partial charge in [0.2, 0.25) is 0 Å². The molecule has 1 aromatic heterocycles. The second-order valence-electron chi connectivity index (χ2n) is 5.88. The van der Waals surface area contributed by atoms with Crippen LogP contribution < -0.4 is 5.32 Å². The Morgan fingerprint density at radius 3 is 2.60 bits per heavy atom. The summed E-state index contributed by atoms with van der Waals surface area (Å²) in [5, 5.41) is 3.18. The molecule has 1 unspecified atom stereocenters. The van der Waals surface area contributed by atoms with Gasteiger partial charge in [0.15, 0.2) is 0 Å². The maximum atomic E-state index is 12.7. The minimum atomic E-state index is -0.104. The molecule has 0 aliphatic heterocycles. The molecule has 3 aromatic rings. The number of para-hydroxylation sites is 2. The van der Waals surface area contributed by atoms with E-state index in [9.17, 15) is 4.79 Å². The van der Waals surface area contributed by atoms with Crippen LogP contribution in [0, 0.1) is 0 Å². The summed E-state index contributed by atoms with van der Waals surface area (Å²) in [6.45, 7) is 2.94. The third kappa shape index (κ3) is 3.87. The third-order valence-corrected chi connectivity index (χ3v) is 4.91. The van der Waals surface area contributed by atoms with Crippen molar-refractivity contribution in [2.75, 3.05) is 12.0 Å². The highest BCUT2D eigenvalue weighted by Gasteiger charge is 2.21. The number of nitrogens with one attached hydrogen (secondary N) is 1. The van der Waals surface area contributed by atoms with Crippen molar-refractivity contribution in [2.45, 2.75) is 25.9 Å². The number of rotatable bonds is 7. The van der Waals surface area contributed by atoms with Gasteiger partial charge in [0.05, 0.1) is 17.1 Å². The van der Waals surface area contributed by atoms with Crippen LogP contribution in [0.3, 0.4) is 0 Å². The summed E-state index contributed by atoms with van der Waals surface area (Å²) in [5.41, 5.74) is 2.77. The Labute approximate surface area is 152 Å². The topological polar surface area (TPSA) is 46.9 Å². The Morgan fingerprint density at radius 1 is 1.16 bits per heavy atom. The predicted molar refractivity (Wildman–Crippen MR) is 105 cm³/mol. The molecular formula is C20H23N3OS. The van der Waals surface area contributed by atoms with E-state index in [1.807, 2.05) is 48.5 Å². The lowest BCUT2D eigenvalue weighted by Gasteiger charge is -2.19. The van der Waals surface area contributed by atoms with Crippen molar-refractivity contribution < 1.29 is 4.79 Å². The number of fused-ring (bicyclic) bond motifs is 1. The zero-order valence-electron chi connectivity index (χ0n) is 14.6. The summed E-state index contributed by atoms with van der Waals surface area (Å²) in [4.78, 5) is 17.5. The highest BCUT2D eigenvalue weighted by molar-refractivity contribution is 7.98. The van der Waals surface area contributed by atoms with E-state index in [1.54, 1.807) is 11.8 Å². The number of hydrogen-bond acceptors (Lipinski definition) is 3. The van der Waals surface area contributed by atoms with Crippen LogP contribution in [0.4, 0.5) is 0 Å². The van der Waals surface area contributed by atoms with Gasteiger partial charge in [-0.05, 0) is 49.6 Å². The number of carbonyl (C=O) groups is 1. The van der Waals surface area contributed by atoms with E-state index in [0.717, 1.165) is 35.6 Å². The summed E-state index contributed by atoms with van der Waals surface area (Å²) in [5.74, 6) is 1.84. The van der Waals surface area contributed by atoms with Crippen LogP contribution in [-0.2, 0) is 6.54 Å². The van der Waals surface area contributed by atoms with Gasteiger partial charge in [0, 0.05) is 12.1 Å². The first kappa shape index (κ1) is 17.5. The van der Waals surface area contributed by atoms with Gasteiger partial charge >= 0.3 is 0 Å². The Bertz CT molecular complexity index is 845. The molecule has 0 spiro atoms. The molecule has 1 N–H and O–H groups in total. The standard InChI is InChI=1S/C20H23N3OS/c1-3-23-18-12-8-7-11-16(18)21-19(23)17(13-14-25-2)22-20(24)15-9-5-4-6-10-15/h4-12,17H,3,13-14H2,1-2H3,(H,22,24). The molecular weight excluding hydrogens is 330 g/mol. The van der Waals surface area contributed by atoms with E-state index in [4.69, 9.17) is 4.98 Å². The molecule has 1 atom stereocenters. The van der Waals surface area contributed by atoms with Crippen LogP contribution in [-0.4, -0.2) is 27.5 Å². The lowest BCUT2D eigenvalue weighted by atomic mass is 10.1. The summed E-state index contributed by atoms with van der Waals surface area (Å²) in [6, 6.07) is 17.4. The number of hydrogen-bond donors (Lipinski definition) is 1. The number of benzene rings is 2. The van der Waals surface area contributed by atoms with Gasteiger partial charge in [-0.2, -0.15) is 11.8 Å². The Hall–Kier alpha value is -2.27. The Kier molecular flexibility index (Phi) is 5.76. The number of amides is 1. The molecule has 4 nitrogen and oxygen atoms in total. The molecule has 0 radical (unpaired) electrons. The largest absolute Gasteiger partial charge is 0.342 e. The quantitative estimate of drug-likeness (QED) is 0.689. The van der Waals surface area contributed by atoms with Crippen molar-refractivity contribution in [1.82, 2.24) is 14.9 Å². The van der Waals surface area contributed by atoms with E-state index >= 15 is 0 Å². The van der Waals surface area contributed by atoms with Crippen LogP contribution in [0.2, 0.25) is 0 Å². The van der Waals surface area contributed by atoms with Crippen LogP contribution in [0.15, 0.2) is 54.6 Å². The molecule has 0 bridgehead atoms. The molecule has 0 saturated carbocycles. The van der Waals surface area contributed by atoms with Crippen LogP contribution in [0.1, 0.15) is 35.6 Å². The summed E-state index contributed by atoms with van der Waals surface area (Å²) in [6.07, 6.45) is 2.93. The molecule has 0 aliphatic rings. The van der Waals surface area contributed by atoms with Gasteiger partial charge in [-0.3, -0.25) is 4.79 Å². The highest BCUT2D eigenvalue weighted by Crippen LogP contribution is 2.24. The number of nitrogens with zero attached hydrogens (tertiary/aromatic N) is 2. The fraction of sp³-hybridized carbons (Fsp3) is 0.300. The summed E-state index contributed by atoms with van der Waals surface area (Å²) >= 11 is 1.78. The first-order valence-corrected chi connectivity index (χ1v) is 9.94. The molecule has 3 rings (SSSR count). The molecule has 0 fully saturated rings. The molecule has 0 aliphatic carbocycles. The number of aryl methyl sites for hydroxylation is 1. The first-order valence-electron chi connectivity index (χ1n) is 8.54. The molecule has 1 heterocycles. The van der Waals surface area contributed by atoms with E-state index in [2.05, 4.69) is 29.1 Å². The number of thioether (sulfide) groups is 1. The Morgan fingerprint density at radius 2 is 1.88 bits per heavy atom. The van der Waals surface area contributed by atoms with Crippen molar-refractivity contribution in [3.8, 4) is 0 Å². The van der Waals surface area contributed by atoms with Crippen LogP contribution in [0.25, 0.3) is 11.0 Å². The fourth-order valence-corrected chi connectivity index (χ4v) is 3.50. The second kappa shape index (κ2) is 8.21. The average Bonchev–Trinajstić information content (AvgIpc) is 3.04. The maximum absolute atomic E-state index is 12.7. The van der Waals surface area contributed by atoms with Gasteiger partial charge in [0.25, 0.3) is 5.91 Å². The maximum Gasteiger partial charge on any atom is 0.251 e. The lowest BCUT2D eigenvalue weighted by molar-refractivity contribution is 0.0933. The van der Waals surface area contributed by atoms with Gasteiger partial charge in [0.1, 0.15) is 5.82 Å². The molecule has 0 saturated heterocycles. The van der Waals surface area contributed by atoms with Crippen molar-refractivity contribution >= 4 is 28.7 Å². The van der Waals surface area contributed by atoms with Gasteiger partial charge in [-0.25, -0.2) is 4.98 Å². The van der Waals surface area contributed by atoms with Crippen molar-refractivity contribution in [2.24, 2.45) is 0 Å². The smallest absolute Gasteiger partial charge is 0.251 e. The van der Waals surface area contributed by atoms with Crippen LogP contribution in [0.5, 0.6) is 0 Å². The predicted octanol–water partition coefficient (Wildman–Crippen LogP) is 4.28. The zero-order valence-corrected chi connectivity index (χ0v) is 15.4. The number of imidazole rings is 1. The van der Waals surface area contributed by atoms with Crippen molar-refractivity contribution in [3.63, 3.8) is 0 Å². The Balaban J connectivity index is 1.94. The molecule has 5 heteroatoms. The number of carbonyl (C=O) groups excluding carboxylic acids is 1. The normalized spacial score (nSPS) is 12.2. The van der Waals surface area contributed by atoms with E-state index in [0.29, 0.717) is 5.56 Å². The minimum Gasteiger partial charge on any atom is -0.342 e. The van der Waals surface area contributed by atoms with E-state index < -0.39 is 0 Å². The van der Waals surface area contributed by atoms with Gasteiger partial charge in [-0.15, -0.1) is 0 Å². The van der Waals surface area contributed by atoms with E-state index in [1.165, 1.54) is 0 Å². The molecule has 130 valence electrons. The lowest BCUT2D eigenvalue weighted by Crippen LogP contribution is -2.31. The fourth-order valence-electron chi connectivity index (χ4n) is 3.03. The SMILES string of the molecule is CCn1c(C(CCSC)NC(=O)c2ccccc2)nc2ccccc21. The molecule has 25 heavy (non-hydrogen) atoms. The van der Waals surface area contributed by atoms with E-state index in [-0.39, 0.29) is 11.9 Å². The number of aromatic nitrogens is 2. The monoisotopic (exact) mass is 353 g/mol. The molecule has 2 aromatic carbocycles. The minimum absolute atomic E-state index is 0.0542. The summed E-state index contributed by atoms with van der Waals surface area (Å²) in [7, 11) is 0. The van der Waals surface area contributed by atoms with Crippen molar-refractivity contribution in [3.05, 3.63) is 66.0 Å². The second-order valence-corrected chi connectivity index (χ2v) is 6.86. The van der Waals surface area contributed by atoms with Crippen molar-refractivity contribution in [1.29, 1.82) is 0 Å². The third-order valence-electron chi connectivity index (χ3n) is 4.26. The van der Waals surface area contributed by atoms with Crippen LogP contribution >= 0.6 is 11.8 Å². The highest BCUT2D eigenvalue weighted by atomic mass is 32.2. The average molecular weight is 353 g/mol. The first-order chi connectivity index (χ1) is 12.2. The zero-order chi connectivity index (χ0) is 17.6. The van der Waals surface area contributed by atoms with Gasteiger partial charge < -0.3 is 9.88 Å². The molecule has 1 amide bonds. The summed E-state index contributed by atoms with van der Waals surface area (Å²) < 4.78 is 2.20.